The van der Waals surface area contributed by atoms with Gasteiger partial charge >= 0.3 is 0 Å². The van der Waals surface area contributed by atoms with Crippen molar-refractivity contribution < 1.29 is 13.2 Å². The van der Waals surface area contributed by atoms with Gasteiger partial charge in [0.25, 0.3) is 0 Å². The van der Waals surface area contributed by atoms with Crippen molar-refractivity contribution in [3.05, 3.63) is 78.4 Å². The van der Waals surface area contributed by atoms with E-state index in [-0.39, 0.29) is 29.7 Å². The van der Waals surface area contributed by atoms with Crippen LogP contribution in [0.5, 0.6) is 0 Å². The molecule has 146 valence electrons. The normalized spacial score (nSPS) is 12.6. The molecule has 3 aromatic rings. The maximum absolute atomic E-state index is 12.5. The zero-order chi connectivity index (χ0) is 20.0. The molecule has 6 heteroatoms. The number of amides is 1. The molecule has 3 aromatic carbocycles. The van der Waals surface area contributed by atoms with Gasteiger partial charge in [-0.3, -0.25) is 4.79 Å². The molecule has 0 aromatic heterocycles. The zero-order valence-electron chi connectivity index (χ0n) is 15.8. The Bertz CT molecular complexity index is 1050. The first-order valence-electron chi connectivity index (χ1n) is 9.26. The summed E-state index contributed by atoms with van der Waals surface area (Å²) in [5.74, 6) is 0.0171. The van der Waals surface area contributed by atoms with Gasteiger partial charge in [0.15, 0.2) is 0 Å². The highest BCUT2D eigenvalue weighted by Crippen LogP contribution is 2.18. The minimum atomic E-state index is -3.65. The van der Waals surface area contributed by atoms with Crippen LogP contribution in [-0.4, -0.2) is 27.4 Å². The van der Waals surface area contributed by atoms with Gasteiger partial charge in [0.05, 0.1) is 4.90 Å². The lowest BCUT2D eigenvalue weighted by Gasteiger charge is -2.13. The number of benzene rings is 3. The lowest BCUT2D eigenvalue weighted by Crippen LogP contribution is -2.32. The molecule has 5 nitrogen and oxygen atoms in total. The molecule has 0 saturated carbocycles. The van der Waals surface area contributed by atoms with Gasteiger partial charge < -0.3 is 5.32 Å². The molecule has 0 aliphatic heterocycles. The molecule has 3 rings (SSSR count). The molecule has 0 aliphatic carbocycles. The van der Waals surface area contributed by atoms with E-state index in [0.29, 0.717) is 6.54 Å². The molecular weight excluding hydrogens is 372 g/mol. The Labute approximate surface area is 165 Å². The second kappa shape index (κ2) is 8.99. The number of carbonyl (C=O) groups is 1. The minimum absolute atomic E-state index is 0.0563. The zero-order valence-corrected chi connectivity index (χ0v) is 16.6. The van der Waals surface area contributed by atoms with Gasteiger partial charge in [-0.15, -0.1) is 0 Å². The largest absolute Gasteiger partial charge is 0.355 e. The molecule has 0 aliphatic rings. The van der Waals surface area contributed by atoms with Crippen LogP contribution in [-0.2, 0) is 14.8 Å². The van der Waals surface area contributed by atoms with Crippen molar-refractivity contribution in [3.8, 4) is 0 Å². The molecule has 0 spiro atoms. The number of fused-ring (bicyclic) bond motifs is 1. The maximum atomic E-state index is 12.5. The lowest BCUT2D eigenvalue weighted by molar-refractivity contribution is -0.120. The van der Waals surface area contributed by atoms with Crippen LogP contribution < -0.4 is 10.0 Å². The van der Waals surface area contributed by atoms with Gasteiger partial charge in [0.2, 0.25) is 15.9 Å². The SMILES string of the molecule is C[C@H](CNC(=O)CCNS(=O)(=O)c1ccc2ccccc2c1)c1ccccc1. The summed E-state index contributed by atoms with van der Waals surface area (Å²) in [6.45, 7) is 2.61. The number of hydrogen-bond donors (Lipinski definition) is 2. The lowest BCUT2D eigenvalue weighted by atomic mass is 10.0. The molecular formula is C22H24N2O3S. The summed E-state index contributed by atoms with van der Waals surface area (Å²) in [5.41, 5.74) is 1.15. The highest BCUT2D eigenvalue weighted by molar-refractivity contribution is 7.89. The van der Waals surface area contributed by atoms with Crippen LogP contribution in [0.15, 0.2) is 77.7 Å². The number of nitrogens with one attached hydrogen (secondary N) is 2. The van der Waals surface area contributed by atoms with E-state index in [4.69, 9.17) is 0 Å². The molecule has 0 heterocycles. The summed E-state index contributed by atoms with van der Waals surface area (Å²) >= 11 is 0. The quantitative estimate of drug-likeness (QED) is 0.613. The Morgan fingerprint density at radius 3 is 2.36 bits per heavy atom. The summed E-state index contributed by atoms with van der Waals surface area (Å²) in [5, 5.41) is 4.70. The van der Waals surface area contributed by atoms with Crippen molar-refractivity contribution >= 4 is 26.7 Å². The van der Waals surface area contributed by atoms with Crippen molar-refractivity contribution in [2.24, 2.45) is 0 Å². The summed E-state index contributed by atoms with van der Waals surface area (Å²) < 4.78 is 27.4. The van der Waals surface area contributed by atoms with Gasteiger partial charge in [0, 0.05) is 19.5 Å². The number of hydrogen-bond acceptors (Lipinski definition) is 3. The van der Waals surface area contributed by atoms with Gasteiger partial charge in [-0.1, -0.05) is 67.6 Å². The van der Waals surface area contributed by atoms with Crippen LogP contribution in [0.1, 0.15) is 24.8 Å². The Kier molecular flexibility index (Phi) is 6.44. The molecule has 2 N–H and O–H groups in total. The molecule has 0 bridgehead atoms. The van der Waals surface area contributed by atoms with Gasteiger partial charge in [-0.25, -0.2) is 13.1 Å². The fourth-order valence-electron chi connectivity index (χ4n) is 2.97. The summed E-state index contributed by atoms with van der Waals surface area (Å²) in [4.78, 5) is 12.2. The average Bonchev–Trinajstić information content (AvgIpc) is 2.72. The van der Waals surface area contributed by atoms with Crippen LogP contribution in [0.4, 0.5) is 0 Å². The third kappa shape index (κ3) is 5.18. The predicted octanol–water partition coefficient (Wildman–Crippen LogP) is 3.43. The first-order chi connectivity index (χ1) is 13.5. The molecule has 28 heavy (non-hydrogen) atoms. The summed E-state index contributed by atoms with van der Waals surface area (Å²) in [7, 11) is -3.65. The van der Waals surface area contributed by atoms with E-state index in [1.165, 1.54) is 0 Å². The van der Waals surface area contributed by atoms with Gasteiger partial charge in [0.1, 0.15) is 0 Å². The number of rotatable bonds is 8. The second-order valence-electron chi connectivity index (χ2n) is 6.77. The van der Waals surface area contributed by atoms with E-state index < -0.39 is 10.0 Å². The monoisotopic (exact) mass is 396 g/mol. The first kappa shape index (κ1) is 20.0. The third-order valence-corrected chi connectivity index (χ3v) is 6.11. The maximum Gasteiger partial charge on any atom is 0.240 e. The summed E-state index contributed by atoms with van der Waals surface area (Å²) in [6, 6.07) is 22.5. The summed E-state index contributed by atoms with van der Waals surface area (Å²) in [6.07, 6.45) is 0.0916. The number of sulfonamides is 1. The van der Waals surface area contributed by atoms with Gasteiger partial charge in [-0.05, 0) is 34.4 Å². The van der Waals surface area contributed by atoms with Crippen LogP contribution in [0.3, 0.4) is 0 Å². The Balaban J connectivity index is 1.49. The third-order valence-electron chi connectivity index (χ3n) is 4.65. The van der Waals surface area contributed by atoms with Crippen LogP contribution in [0.2, 0.25) is 0 Å². The molecule has 0 unspecified atom stereocenters. The standard InChI is InChI=1S/C22H24N2O3S/c1-17(18-7-3-2-4-8-18)16-23-22(25)13-14-24-28(26,27)21-12-11-19-9-5-6-10-20(19)15-21/h2-12,15,17,24H,13-14,16H2,1H3,(H,23,25)/t17-/m1/s1. The highest BCUT2D eigenvalue weighted by Gasteiger charge is 2.15. The second-order valence-corrected chi connectivity index (χ2v) is 8.54. The van der Waals surface area contributed by atoms with E-state index in [0.717, 1.165) is 16.3 Å². The molecule has 0 radical (unpaired) electrons. The minimum Gasteiger partial charge on any atom is -0.355 e. The highest BCUT2D eigenvalue weighted by atomic mass is 32.2. The molecule has 1 amide bonds. The van der Waals surface area contributed by atoms with E-state index in [9.17, 15) is 13.2 Å². The van der Waals surface area contributed by atoms with E-state index in [1.807, 2.05) is 61.5 Å². The van der Waals surface area contributed by atoms with Crippen molar-refractivity contribution in [1.29, 1.82) is 0 Å². The Morgan fingerprint density at radius 2 is 1.61 bits per heavy atom. The predicted molar refractivity (Wildman–Crippen MR) is 112 cm³/mol. The van der Waals surface area contributed by atoms with Crippen molar-refractivity contribution in [1.82, 2.24) is 10.0 Å². The smallest absolute Gasteiger partial charge is 0.240 e. The first-order valence-corrected chi connectivity index (χ1v) is 10.7. The van der Waals surface area contributed by atoms with Crippen LogP contribution in [0, 0.1) is 0 Å². The van der Waals surface area contributed by atoms with Crippen LogP contribution >= 0.6 is 0 Å². The van der Waals surface area contributed by atoms with Crippen molar-refractivity contribution in [2.75, 3.05) is 13.1 Å². The Morgan fingerprint density at radius 1 is 0.929 bits per heavy atom. The Hall–Kier alpha value is -2.70. The van der Waals surface area contributed by atoms with Crippen LogP contribution in [0.25, 0.3) is 10.8 Å². The van der Waals surface area contributed by atoms with Crippen molar-refractivity contribution in [3.63, 3.8) is 0 Å². The average molecular weight is 397 g/mol. The van der Waals surface area contributed by atoms with E-state index >= 15 is 0 Å². The fourth-order valence-corrected chi connectivity index (χ4v) is 4.04. The number of carbonyl (C=O) groups excluding carboxylic acids is 1. The van der Waals surface area contributed by atoms with Crippen molar-refractivity contribution in [2.45, 2.75) is 24.2 Å². The van der Waals surface area contributed by atoms with E-state index in [1.54, 1.807) is 18.2 Å². The fraction of sp³-hybridized carbons (Fsp3) is 0.227. The molecule has 0 saturated heterocycles. The molecule has 1 atom stereocenters. The van der Waals surface area contributed by atoms with Gasteiger partial charge in [-0.2, -0.15) is 0 Å². The molecule has 0 fully saturated rings. The topological polar surface area (TPSA) is 75.3 Å². The van der Waals surface area contributed by atoms with E-state index in [2.05, 4.69) is 10.0 Å².